The number of carbonyl (C=O) groups excluding carboxylic acids is 1. The Morgan fingerprint density at radius 2 is 1.28 bits per heavy atom. The predicted octanol–water partition coefficient (Wildman–Crippen LogP) is 4.80. The normalized spacial score (nSPS) is 15.7. The third-order valence-corrected chi connectivity index (χ3v) is 11.8. The molecular formula is C31H31NO3P+. The van der Waals surface area contributed by atoms with Gasteiger partial charge in [0.15, 0.2) is 5.66 Å². The van der Waals surface area contributed by atoms with Crippen molar-refractivity contribution >= 4 is 29.1 Å². The highest BCUT2D eigenvalue weighted by Crippen LogP contribution is 2.62. The highest BCUT2D eigenvalue weighted by Gasteiger charge is 2.58. The van der Waals surface area contributed by atoms with Gasteiger partial charge in [0, 0.05) is 31.1 Å². The molecular weight excluding hydrogens is 465 g/mol. The number of hydrogen-bond donors (Lipinski definition) is 0. The predicted molar refractivity (Wildman–Crippen MR) is 149 cm³/mol. The number of methoxy groups -OCH3 is 2. The van der Waals surface area contributed by atoms with E-state index in [1.807, 2.05) is 41.3 Å². The van der Waals surface area contributed by atoms with Crippen LogP contribution in [-0.4, -0.2) is 37.2 Å². The van der Waals surface area contributed by atoms with Gasteiger partial charge in [-0.25, -0.2) is 0 Å². The molecule has 1 atom stereocenters. The van der Waals surface area contributed by atoms with Gasteiger partial charge in [-0.1, -0.05) is 54.6 Å². The van der Waals surface area contributed by atoms with Crippen LogP contribution in [0.15, 0.2) is 109 Å². The molecule has 4 aromatic carbocycles. The molecule has 1 unspecified atom stereocenters. The third kappa shape index (κ3) is 4.27. The van der Waals surface area contributed by atoms with Gasteiger partial charge in [0.2, 0.25) is 0 Å². The molecule has 5 heteroatoms. The second kappa shape index (κ2) is 10.6. The van der Waals surface area contributed by atoms with Crippen molar-refractivity contribution in [2.75, 3.05) is 20.8 Å². The van der Waals surface area contributed by atoms with Crippen LogP contribution in [0.2, 0.25) is 0 Å². The van der Waals surface area contributed by atoms with Gasteiger partial charge in [-0.05, 0) is 48.5 Å². The molecule has 0 spiro atoms. The molecule has 182 valence electrons. The lowest BCUT2D eigenvalue weighted by atomic mass is 10.2. The van der Waals surface area contributed by atoms with Crippen LogP contribution in [0.4, 0.5) is 0 Å². The molecule has 1 aliphatic rings. The Balaban J connectivity index is 1.60. The molecule has 0 radical (unpaired) electrons. The first kappa shape index (κ1) is 24.1. The van der Waals surface area contributed by atoms with Gasteiger partial charge in [0.25, 0.3) is 5.91 Å². The summed E-state index contributed by atoms with van der Waals surface area (Å²) < 4.78 is 11.0. The third-order valence-electron chi connectivity index (χ3n) is 7.08. The highest BCUT2D eigenvalue weighted by molar-refractivity contribution is 7.96. The summed E-state index contributed by atoms with van der Waals surface area (Å²) in [6.45, 7) is 1.23. The van der Waals surface area contributed by atoms with Crippen LogP contribution in [-0.2, 0) is 11.3 Å². The fraction of sp³-hybridized carbons (Fsp3) is 0.194. The minimum absolute atomic E-state index is 0.131. The zero-order valence-corrected chi connectivity index (χ0v) is 21.6. The Hall–Kier alpha value is -3.62. The zero-order valence-electron chi connectivity index (χ0n) is 20.7. The topological polar surface area (TPSA) is 38.8 Å². The lowest BCUT2D eigenvalue weighted by Gasteiger charge is -2.32. The summed E-state index contributed by atoms with van der Waals surface area (Å²) in [5.74, 6) is 1.68. The number of amides is 1. The molecule has 4 aromatic rings. The first-order chi connectivity index (χ1) is 17.7. The van der Waals surface area contributed by atoms with Crippen molar-refractivity contribution in [3.05, 3.63) is 115 Å². The molecule has 0 N–H and O–H groups in total. The van der Waals surface area contributed by atoms with E-state index in [2.05, 4.69) is 72.8 Å². The summed E-state index contributed by atoms with van der Waals surface area (Å²) in [5.41, 5.74) is 0.851. The SMILES string of the molecule is COc1ccc(CN2CCC([P+](c3ccccc3)(c3ccccc3)c3ccccc3)C2=O)c(OC)c1. The molecule has 1 aliphatic heterocycles. The second-order valence-electron chi connectivity index (χ2n) is 8.97. The lowest BCUT2D eigenvalue weighted by molar-refractivity contribution is -0.127. The molecule has 4 nitrogen and oxygen atoms in total. The first-order valence-corrected chi connectivity index (χ1v) is 14.1. The first-order valence-electron chi connectivity index (χ1n) is 12.2. The van der Waals surface area contributed by atoms with E-state index in [1.54, 1.807) is 14.2 Å². The van der Waals surface area contributed by atoms with E-state index in [0.717, 1.165) is 23.5 Å². The monoisotopic (exact) mass is 496 g/mol. The molecule has 1 saturated heterocycles. The Bertz CT molecular complexity index is 1220. The van der Waals surface area contributed by atoms with E-state index in [0.29, 0.717) is 13.1 Å². The van der Waals surface area contributed by atoms with Gasteiger partial charge in [-0.15, -0.1) is 0 Å². The summed E-state index contributed by atoms with van der Waals surface area (Å²) in [4.78, 5) is 16.3. The van der Waals surface area contributed by atoms with Crippen LogP contribution >= 0.6 is 7.26 Å². The van der Waals surface area contributed by atoms with Crippen molar-refractivity contribution in [2.24, 2.45) is 0 Å². The number of nitrogens with zero attached hydrogens (tertiary/aromatic N) is 1. The van der Waals surface area contributed by atoms with Crippen LogP contribution in [0.5, 0.6) is 11.5 Å². The lowest BCUT2D eigenvalue weighted by Crippen LogP contribution is -2.42. The van der Waals surface area contributed by atoms with Crippen molar-refractivity contribution in [2.45, 2.75) is 18.6 Å². The van der Waals surface area contributed by atoms with E-state index >= 15 is 0 Å². The Morgan fingerprint density at radius 1 is 0.750 bits per heavy atom. The standard InChI is InChI=1S/C31H31NO3P/c1-34-25-19-18-24(29(22-25)35-2)23-32-21-20-30(31(32)33)36(26-12-6-3-7-13-26,27-14-8-4-9-15-27)28-16-10-5-11-17-28/h3-19,22,30H,20-21,23H2,1-2H3/q+1. The van der Waals surface area contributed by atoms with Gasteiger partial charge >= 0.3 is 0 Å². The van der Waals surface area contributed by atoms with E-state index in [1.165, 1.54) is 15.9 Å². The molecule has 36 heavy (non-hydrogen) atoms. The second-order valence-corrected chi connectivity index (χ2v) is 12.6. The van der Waals surface area contributed by atoms with Crippen molar-refractivity contribution in [1.29, 1.82) is 0 Å². The molecule has 0 bridgehead atoms. The highest BCUT2D eigenvalue weighted by atomic mass is 31.2. The number of ether oxygens (including phenoxy) is 2. The van der Waals surface area contributed by atoms with E-state index in [9.17, 15) is 4.79 Å². The summed E-state index contributed by atoms with van der Waals surface area (Å²) in [5, 5.41) is 3.72. The summed E-state index contributed by atoms with van der Waals surface area (Å²) in [6.07, 6.45) is 0.809. The summed E-state index contributed by atoms with van der Waals surface area (Å²) in [7, 11) is 1.03. The fourth-order valence-electron chi connectivity index (χ4n) is 5.40. The minimum Gasteiger partial charge on any atom is -0.497 e. The quantitative estimate of drug-likeness (QED) is 0.329. The minimum atomic E-state index is -2.27. The molecule has 1 amide bonds. The van der Waals surface area contributed by atoms with Crippen LogP contribution < -0.4 is 25.4 Å². The van der Waals surface area contributed by atoms with Gasteiger partial charge in [-0.3, -0.25) is 4.79 Å². The van der Waals surface area contributed by atoms with Crippen LogP contribution in [0.1, 0.15) is 12.0 Å². The molecule has 0 saturated carbocycles. The number of hydrogen-bond acceptors (Lipinski definition) is 3. The summed E-state index contributed by atoms with van der Waals surface area (Å²) in [6, 6.07) is 37.7. The van der Waals surface area contributed by atoms with Crippen molar-refractivity contribution in [3.8, 4) is 11.5 Å². The molecule has 1 fully saturated rings. The molecule has 5 rings (SSSR count). The van der Waals surface area contributed by atoms with E-state index in [4.69, 9.17) is 9.47 Å². The largest absolute Gasteiger partial charge is 0.497 e. The van der Waals surface area contributed by atoms with Gasteiger partial charge in [0.1, 0.15) is 34.7 Å². The van der Waals surface area contributed by atoms with E-state index < -0.39 is 7.26 Å². The molecule has 0 aromatic heterocycles. The van der Waals surface area contributed by atoms with Crippen LogP contribution in [0.3, 0.4) is 0 Å². The maximum atomic E-state index is 14.3. The smallest absolute Gasteiger partial charge is 0.264 e. The average molecular weight is 497 g/mol. The maximum Gasteiger partial charge on any atom is 0.264 e. The number of likely N-dealkylation sites (tertiary alicyclic amines) is 1. The maximum absolute atomic E-state index is 14.3. The zero-order chi connectivity index (χ0) is 25.0. The van der Waals surface area contributed by atoms with Crippen LogP contribution in [0, 0.1) is 0 Å². The number of benzene rings is 4. The van der Waals surface area contributed by atoms with Gasteiger partial charge < -0.3 is 14.4 Å². The molecule has 0 aliphatic carbocycles. The Labute approximate surface area is 213 Å². The number of rotatable bonds is 8. The average Bonchev–Trinajstić information content (AvgIpc) is 3.31. The van der Waals surface area contributed by atoms with Gasteiger partial charge in [0.05, 0.1) is 14.2 Å². The van der Waals surface area contributed by atoms with Crippen LogP contribution in [0.25, 0.3) is 0 Å². The number of carbonyl (C=O) groups is 1. The Morgan fingerprint density at radius 3 is 1.75 bits per heavy atom. The summed E-state index contributed by atoms with van der Waals surface area (Å²) >= 11 is 0. The van der Waals surface area contributed by atoms with Gasteiger partial charge in [-0.2, -0.15) is 0 Å². The Kier molecular flexibility index (Phi) is 7.06. The van der Waals surface area contributed by atoms with Crippen molar-refractivity contribution in [3.63, 3.8) is 0 Å². The van der Waals surface area contributed by atoms with Crippen molar-refractivity contribution in [1.82, 2.24) is 4.90 Å². The fourth-order valence-corrected chi connectivity index (χ4v) is 10.3. The molecule has 1 heterocycles. The van der Waals surface area contributed by atoms with Crippen molar-refractivity contribution < 1.29 is 14.3 Å². The van der Waals surface area contributed by atoms with E-state index in [-0.39, 0.29) is 11.6 Å².